The fourth-order valence-electron chi connectivity index (χ4n) is 3.52. The maximum absolute atomic E-state index is 14.1. The molecule has 3 N–H and O–H groups in total. The van der Waals surface area contributed by atoms with Crippen LogP contribution in [0.4, 0.5) is 13.2 Å². The Morgan fingerprint density at radius 2 is 1.76 bits per heavy atom. The molecular weight excluding hydrogens is 379 g/mol. The number of primary amides is 1. The number of nitrogens with zero attached hydrogens (tertiary/aromatic N) is 1. The van der Waals surface area contributed by atoms with Gasteiger partial charge in [0.25, 0.3) is 0 Å². The van der Waals surface area contributed by atoms with Gasteiger partial charge < -0.3 is 15.6 Å². The van der Waals surface area contributed by atoms with Gasteiger partial charge in [-0.05, 0) is 74.3 Å². The molecule has 4 rings (SSSR count). The van der Waals surface area contributed by atoms with E-state index in [0.717, 1.165) is 42.1 Å². The van der Waals surface area contributed by atoms with Crippen LogP contribution in [-0.2, 0) is 4.79 Å². The monoisotopic (exact) mass is 403 g/mol. The standard InChI is InChI=1S/C18H14F3N.C4H10N2O/c19-12-6-4-11(5-7-12)17-16(10-2-1-3-10)14-8-13(20)9-15(21)18(14)22-17;1-6(2)3-4(5)7/h4-10,22H,1-3H2;3H2,1-2H3,(H2,5,7). The Hall–Kier alpha value is -2.80. The number of amides is 1. The lowest BCUT2D eigenvalue weighted by molar-refractivity contribution is -0.118. The minimum atomic E-state index is -0.594. The van der Waals surface area contributed by atoms with Crippen LogP contribution in [0.1, 0.15) is 30.7 Å². The van der Waals surface area contributed by atoms with E-state index in [4.69, 9.17) is 5.73 Å². The molecule has 154 valence electrons. The number of hydrogen-bond donors (Lipinski definition) is 2. The van der Waals surface area contributed by atoms with Gasteiger partial charge in [0.2, 0.25) is 5.91 Å². The van der Waals surface area contributed by atoms with E-state index in [1.165, 1.54) is 18.2 Å². The fraction of sp³-hybridized carbons (Fsp3) is 0.318. The van der Waals surface area contributed by atoms with Crippen molar-refractivity contribution in [2.45, 2.75) is 25.2 Å². The average Bonchev–Trinajstić information content (AvgIpc) is 2.93. The Kier molecular flexibility index (Phi) is 6.27. The fourth-order valence-corrected chi connectivity index (χ4v) is 3.52. The van der Waals surface area contributed by atoms with Crippen LogP contribution in [0.25, 0.3) is 22.2 Å². The SMILES string of the molecule is CN(C)CC(N)=O.Fc1ccc(-c2[nH]c3c(F)cc(F)cc3c2C2CCC2)cc1. The van der Waals surface area contributed by atoms with Gasteiger partial charge in [0.05, 0.1) is 17.8 Å². The number of benzene rings is 2. The topological polar surface area (TPSA) is 62.1 Å². The number of fused-ring (bicyclic) bond motifs is 1. The number of nitrogens with one attached hydrogen (secondary N) is 1. The molecule has 0 spiro atoms. The van der Waals surface area contributed by atoms with Crippen molar-refractivity contribution >= 4 is 16.8 Å². The quantitative estimate of drug-likeness (QED) is 0.671. The van der Waals surface area contributed by atoms with Crippen LogP contribution < -0.4 is 5.73 Å². The smallest absolute Gasteiger partial charge is 0.231 e. The van der Waals surface area contributed by atoms with Gasteiger partial charge in [0.1, 0.15) is 17.5 Å². The zero-order chi connectivity index (χ0) is 21.1. The van der Waals surface area contributed by atoms with Crippen molar-refractivity contribution in [2.75, 3.05) is 20.6 Å². The lowest BCUT2D eigenvalue weighted by Crippen LogP contribution is -2.27. The molecule has 0 saturated heterocycles. The number of rotatable bonds is 4. The number of H-pyrrole nitrogens is 1. The van der Waals surface area contributed by atoms with Crippen molar-refractivity contribution in [3.8, 4) is 11.3 Å². The van der Waals surface area contributed by atoms with Gasteiger partial charge in [-0.3, -0.25) is 4.79 Å². The minimum Gasteiger partial charge on any atom is -0.369 e. The third-order valence-electron chi connectivity index (χ3n) is 4.98. The first kappa shape index (κ1) is 20.9. The van der Waals surface area contributed by atoms with Gasteiger partial charge in [0, 0.05) is 11.5 Å². The van der Waals surface area contributed by atoms with Crippen molar-refractivity contribution in [1.29, 1.82) is 0 Å². The maximum Gasteiger partial charge on any atom is 0.231 e. The molecule has 2 aromatic carbocycles. The van der Waals surface area contributed by atoms with Crippen molar-refractivity contribution in [3.05, 3.63) is 59.4 Å². The van der Waals surface area contributed by atoms with Gasteiger partial charge in [-0.15, -0.1) is 0 Å². The molecule has 1 fully saturated rings. The first-order valence-corrected chi connectivity index (χ1v) is 9.46. The summed E-state index contributed by atoms with van der Waals surface area (Å²) in [6.07, 6.45) is 3.15. The van der Waals surface area contributed by atoms with E-state index < -0.39 is 11.6 Å². The van der Waals surface area contributed by atoms with Crippen LogP contribution in [0, 0.1) is 17.5 Å². The van der Waals surface area contributed by atoms with E-state index in [1.807, 2.05) is 0 Å². The Balaban J connectivity index is 0.000000298. The molecule has 1 aliphatic carbocycles. The number of carbonyl (C=O) groups is 1. The van der Waals surface area contributed by atoms with Crippen LogP contribution in [0.2, 0.25) is 0 Å². The number of aromatic nitrogens is 1. The predicted octanol–water partition coefficient (Wildman–Crippen LogP) is 4.55. The molecule has 1 heterocycles. The molecule has 0 bridgehead atoms. The van der Waals surface area contributed by atoms with E-state index >= 15 is 0 Å². The molecule has 29 heavy (non-hydrogen) atoms. The zero-order valence-electron chi connectivity index (χ0n) is 16.4. The normalized spacial score (nSPS) is 13.9. The Labute approximate surface area is 167 Å². The highest BCUT2D eigenvalue weighted by molar-refractivity contribution is 5.92. The summed E-state index contributed by atoms with van der Waals surface area (Å²) in [6, 6.07) is 8.35. The minimum absolute atomic E-state index is 0.287. The summed E-state index contributed by atoms with van der Waals surface area (Å²) < 4.78 is 40.8. The molecule has 3 aromatic rings. The maximum atomic E-state index is 14.1. The van der Waals surface area contributed by atoms with Crippen LogP contribution >= 0.6 is 0 Å². The van der Waals surface area contributed by atoms with Crippen LogP contribution in [-0.4, -0.2) is 36.4 Å². The summed E-state index contributed by atoms with van der Waals surface area (Å²) in [7, 11) is 3.59. The number of hydrogen-bond acceptors (Lipinski definition) is 2. The van der Waals surface area contributed by atoms with Crippen LogP contribution in [0.3, 0.4) is 0 Å². The third-order valence-corrected chi connectivity index (χ3v) is 4.98. The second kappa shape index (κ2) is 8.69. The van der Waals surface area contributed by atoms with Gasteiger partial charge >= 0.3 is 0 Å². The van der Waals surface area contributed by atoms with Crippen LogP contribution in [0.15, 0.2) is 36.4 Å². The summed E-state index contributed by atoms with van der Waals surface area (Å²) >= 11 is 0. The number of aromatic amines is 1. The highest BCUT2D eigenvalue weighted by atomic mass is 19.1. The van der Waals surface area contributed by atoms with Crippen LogP contribution in [0.5, 0.6) is 0 Å². The van der Waals surface area contributed by atoms with Gasteiger partial charge in [-0.2, -0.15) is 0 Å². The number of carbonyl (C=O) groups excluding carboxylic acids is 1. The van der Waals surface area contributed by atoms with E-state index in [0.29, 0.717) is 23.4 Å². The summed E-state index contributed by atoms with van der Waals surface area (Å²) in [5, 5.41) is 0.599. The van der Waals surface area contributed by atoms with Gasteiger partial charge in [0.15, 0.2) is 0 Å². The van der Waals surface area contributed by atoms with Crippen molar-refractivity contribution in [2.24, 2.45) is 5.73 Å². The number of nitrogens with two attached hydrogens (primary N) is 1. The van der Waals surface area contributed by atoms with E-state index in [2.05, 4.69) is 4.98 Å². The van der Waals surface area contributed by atoms with Crippen molar-refractivity contribution in [1.82, 2.24) is 9.88 Å². The van der Waals surface area contributed by atoms with E-state index in [1.54, 1.807) is 31.1 Å². The first-order chi connectivity index (χ1) is 13.8. The number of likely N-dealkylation sites (N-methyl/N-ethyl adjacent to an activating group) is 1. The third kappa shape index (κ3) is 4.79. The first-order valence-electron chi connectivity index (χ1n) is 9.46. The summed E-state index contributed by atoms with van der Waals surface area (Å²) in [4.78, 5) is 14.8. The summed E-state index contributed by atoms with van der Waals surface area (Å²) in [5.41, 5.74) is 7.64. The van der Waals surface area contributed by atoms with Crippen molar-refractivity contribution < 1.29 is 18.0 Å². The second-order valence-electron chi connectivity index (χ2n) is 7.56. The second-order valence-corrected chi connectivity index (χ2v) is 7.56. The Morgan fingerprint density at radius 3 is 2.24 bits per heavy atom. The Morgan fingerprint density at radius 1 is 1.10 bits per heavy atom. The summed E-state index contributed by atoms with van der Waals surface area (Å²) in [5.74, 6) is -1.47. The molecule has 0 aliphatic heterocycles. The molecule has 1 saturated carbocycles. The molecule has 4 nitrogen and oxygen atoms in total. The highest BCUT2D eigenvalue weighted by Crippen LogP contribution is 2.45. The lowest BCUT2D eigenvalue weighted by Gasteiger charge is -2.26. The van der Waals surface area contributed by atoms with Gasteiger partial charge in [-0.25, -0.2) is 13.2 Å². The molecular formula is C22H24F3N3O. The summed E-state index contributed by atoms with van der Waals surface area (Å²) in [6.45, 7) is 0.333. The van der Waals surface area contributed by atoms with E-state index in [-0.39, 0.29) is 11.7 Å². The highest BCUT2D eigenvalue weighted by Gasteiger charge is 2.27. The average molecular weight is 403 g/mol. The van der Waals surface area contributed by atoms with E-state index in [9.17, 15) is 18.0 Å². The largest absolute Gasteiger partial charge is 0.369 e. The molecule has 1 aliphatic rings. The molecule has 1 amide bonds. The molecule has 1 aromatic heterocycles. The molecule has 0 radical (unpaired) electrons. The lowest BCUT2D eigenvalue weighted by atomic mass is 9.78. The predicted molar refractivity (Wildman–Crippen MR) is 108 cm³/mol. The molecule has 0 atom stereocenters. The molecule has 0 unspecified atom stereocenters. The van der Waals surface area contributed by atoms with Gasteiger partial charge in [-0.1, -0.05) is 6.42 Å². The zero-order valence-corrected chi connectivity index (χ0v) is 16.4. The molecule has 7 heteroatoms. The Bertz CT molecular complexity index is 1010. The number of halogens is 3. The van der Waals surface area contributed by atoms with Crippen molar-refractivity contribution in [3.63, 3.8) is 0 Å².